The van der Waals surface area contributed by atoms with Gasteiger partial charge in [-0.3, -0.25) is 9.69 Å². The summed E-state index contributed by atoms with van der Waals surface area (Å²) in [4.78, 5) is 38.8. The van der Waals surface area contributed by atoms with Gasteiger partial charge >= 0.3 is 12.1 Å². The lowest BCUT2D eigenvalue weighted by Crippen LogP contribution is -2.55. The Labute approximate surface area is 178 Å². The number of aliphatic carboxylic acids is 1. The maximum atomic E-state index is 13.4. The molecule has 0 spiro atoms. The zero-order valence-electron chi connectivity index (χ0n) is 18.6. The molecule has 170 valence electrons. The number of carboxylic acid groups (broad SMARTS) is 1. The second-order valence-corrected chi connectivity index (χ2v) is 10.2. The second kappa shape index (κ2) is 8.73. The molecule has 2 saturated heterocycles. The first kappa shape index (κ1) is 22.8. The molecule has 3 aliphatic rings. The highest BCUT2D eigenvalue weighted by Gasteiger charge is 2.51. The standard InChI is InChI=1S/C22H36N2O6/c1-14-6-8-15(9-7-14)22(10-5-11-29-22)19(27)23-16-12-17(18(25)26)24(13-16)20(28)30-21(2,3)4/h14-17H,5-13H2,1-4H3,(H,23,27)(H,25,26)/t14?,15?,16-,17-,22+/m1/s1. The average molecular weight is 425 g/mol. The molecule has 1 aliphatic carbocycles. The van der Waals surface area contributed by atoms with Crippen LogP contribution < -0.4 is 5.32 Å². The number of nitrogens with zero attached hydrogens (tertiary/aromatic N) is 1. The van der Waals surface area contributed by atoms with E-state index in [1.165, 1.54) is 4.90 Å². The van der Waals surface area contributed by atoms with Crippen LogP contribution in [0.1, 0.15) is 72.6 Å². The Balaban J connectivity index is 1.69. The molecule has 2 aliphatic heterocycles. The first-order valence-electron chi connectivity index (χ1n) is 11.2. The molecular formula is C22H36N2O6. The largest absolute Gasteiger partial charge is 0.480 e. The number of carboxylic acids is 1. The number of amides is 2. The van der Waals surface area contributed by atoms with Gasteiger partial charge < -0.3 is 19.9 Å². The molecule has 3 atom stereocenters. The lowest BCUT2D eigenvalue weighted by molar-refractivity contribution is -0.151. The Morgan fingerprint density at radius 2 is 1.83 bits per heavy atom. The fraction of sp³-hybridized carbons (Fsp3) is 0.864. The van der Waals surface area contributed by atoms with Gasteiger partial charge in [0.25, 0.3) is 5.91 Å². The van der Waals surface area contributed by atoms with Gasteiger partial charge in [-0.2, -0.15) is 0 Å². The summed E-state index contributed by atoms with van der Waals surface area (Å²) in [6.07, 6.45) is 5.19. The number of ether oxygens (including phenoxy) is 2. The number of carbonyl (C=O) groups is 3. The molecule has 0 unspecified atom stereocenters. The second-order valence-electron chi connectivity index (χ2n) is 10.2. The number of hydrogen-bond donors (Lipinski definition) is 2. The van der Waals surface area contributed by atoms with Crippen LogP contribution in [0.15, 0.2) is 0 Å². The quantitative estimate of drug-likeness (QED) is 0.719. The molecule has 0 bridgehead atoms. The van der Waals surface area contributed by atoms with E-state index in [0.717, 1.165) is 32.1 Å². The van der Waals surface area contributed by atoms with Crippen LogP contribution in [0.2, 0.25) is 0 Å². The van der Waals surface area contributed by atoms with Crippen molar-refractivity contribution < 1.29 is 29.0 Å². The van der Waals surface area contributed by atoms with E-state index >= 15 is 0 Å². The SMILES string of the molecule is CC1CCC([C@]2(C(=O)N[C@@H]3C[C@H](C(=O)O)N(C(=O)OC(C)(C)C)C3)CCCO2)CC1. The Hall–Kier alpha value is -1.83. The maximum Gasteiger partial charge on any atom is 0.411 e. The summed E-state index contributed by atoms with van der Waals surface area (Å²) in [5, 5.41) is 12.6. The van der Waals surface area contributed by atoms with E-state index in [-0.39, 0.29) is 24.8 Å². The maximum absolute atomic E-state index is 13.4. The van der Waals surface area contributed by atoms with Gasteiger partial charge in [-0.15, -0.1) is 0 Å². The van der Waals surface area contributed by atoms with Crippen LogP contribution in [-0.2, 0) is 19.1 Å². The van der Waals surface area contributed by atoms with E-state index in [9.17, 15) is 19.5 Å². The van der Waals surface area contributed by atoms with Crippen LogP contribution in [0, 0.1) is 11.8 Å². The highest BCUT2D eigenvalue weighted by molar-refractivity contribution is 5.87. The normalized spacial score (nSPS) is 34.6. The summed E-state index contributed by atoms with van der Waals surface area (Å²) in [6.45, 7) is 8.16. The third kappa shape index (κ3) is 4.90. The molecule has 0 aromatic carbocycles. The van der Waals surface area contributed by atoms with Gasteiger partial charge in [-0.25, -0.2) is 9.59 Å². The molecule has 0 radical (unpaired) electrons. The van der Waals surface area contributed by atoms with Gasteiger partial charge in [-0.05, 0) is 58.3 Å². The summed E-state index contributed by atoms with van der Waals surface area (Å²) in [6, 6.07) is -1.45. The molecular weight excluding hydrogens is 388 g/mol. The van der Waals surface area contributed by atoms with Crippen LogP contribution in [-0.4, -0.2) is 64.4 Å². The molecule has 3 fully saturated rings. The first-order chi connectivity index (χ1) is 14.0. The van der Waals surface area contributed by atoms with E-state index in [4.69, 9.17) is 9.47 Å². The monoisotopic (exact) mass is 424 g/mol. The van der Waals surface area contributed by atoms with E-state index in [2.05, 4.69) is 12.2 Å². The molecule has 0 aromatic heterocycles. The number of nitrogens with one attached hydrogen (secondary N) is 1. The Kier molecular flexibility index (Phi) is 6.65. The van der Waals surface area contributed by atoms with Gasteiger partial charge in [0.1, 0.15) is 17.2 Å². The van der Waals surface area contributed by atoms with Gasteiger partial charge in [0, 0.05) is 25.6 Å². The Morgan fingerprint density at radius 3 is 2.37 bits per heavy atom. The van der Waals surface area contributed by atoms with Crippen LogP contribution in [0.4, 0.5) is 4.79 Å². The molecule has 2 heterocycles. The lowest BCUT2D eigenvalue weighted by Gasteiger charge is -2.39. The summed E-state index contributed by atoms with van der Waals surface area (Å²) in [5.74, 6) is -0.378. The van der Waals surface area contributed by atoms with Crippen molar-refractivity contribution in [2.75, 3.05) is 13.2 Å². The highest BCUT2D eigenvalue weighted by Crippen LogP contribution is 2.43. The minimum atomic E-state index is -1.09. The molecule has 0 aromatic rings. The first-order valence-corrected chi connectivity index (χ1v) is 11.2. The van der Waals surface area contributed by atoms with Crippen molar-refractivity contribution in [1.29, 1.82) is 0 Å². The number of rotatable bonds is 4. The molecule has 2 N–H and O–H groups in total. The molecule has 30 heavy (non-hydrogen) atoms. The summed E-state index contributed by atoms with van der Waals surface area (Å²) < 4.78 is 11.4. The van der Waals surface area contributed by atoms with E-state index < -0.39 is 35.3 Å². The highest BCUT2D eigenvalue weighted by atomic mass is 16.6. The van der Waals surface area contributed by atoms with Crippen LogP contribution in [0.3, 0.4) is 0 Å². The van der Waals surface area contributed by atoms with Crippen molar-refractivity contribution in [2.24, 2.45) is 11.8 Å². The predicted molar refractivity (Wildman–Crippen MR) is 110 cm³/mol. The fourth-order valence-electron chi connectivity index (χ4n) is 5.08. The van der Waals surface area contributed by atoms with Crippen molar-refractivity contribution in [1.82, 2.24) is 10.2 Å². The Morgan fingerprint density at radius 1 is 1.17 bits per heavy atom. The summed E-state index contributed by atoms with van der Waals surface area (Å²) in [5.41, 5.74) is -1.54. The minimum Gasteiger partial charge on any atom is -0.480 e. The van der Waals surface area contributed by atoms with E-state index in [1.54, 1.807) is 20.8 Å². The van der Waals surface area contributed by atoms with E-state index in [0.29, 0.717) is 18.9 Å². The van der Waals surface area contributed by atoms with Gasteiger partial charge in [0.2, 0.25) is 0 Å². The Bertz CT molecular complexity index is 659. The fourth-order valence-corrected chi connectivity index (χ4v) is 5.08. The zero-order chi connectivity index (χ0) is 22.1. The smallest absolute Gasteiger partial charge is 0.411 e. The van der Waals surface area contributed by atoms with Crippen LogP contribution in [0.5, 0.6) is 0 Å². The minimum absolute atomic E-state index is 0.120. The van der Waals surface area contributed by atoms with Crippen LogP contribution in [0.25, 0.3) is 0 Å². The van der Waals surface area contributed by atoms with Gasteiger partial charge in [-0.1, -0.05) is 19.8 Å². The summed E-state index contributed by atoms with van der Waals surface area (Å²) >= 11 is 0. The topological polar surface area (TPSA) is 105 Å². The van der Waals surface area contributed by atoms with Crippen molar-refractivity contribution >= 4 is 18.0 Å². The number of likely N-dealkylation sites (tertiary alicyclic amines) is 1. The molecule has 8 heteroatoms. The lowest BCUT2D eigenvalue weighted by atomic mass is 9.72. The van der Waals surface area contributed by atoms with Gasteiger partial charge in [0.05, 0.1) is 0 Å². The molecule has 2 amide bonds. The number of hydrogen-bond acceptors (Lipinski definition) is 5. The van der Waals surface area contributed by atoms with E-state index in [1.807, 2.05) is 0 Å². The third-order valence-corrected chi connectivity index (χ3v) is 6.66. The van der Waals surface area contributed by atoms with Gasteiger partial charge in [0.15, 0.2) is 0 Å². The molecule has 1 saturated carbocycles. The molecule has 8 nitrogen and oxygen atoms in total. The summed E-state index contributed by atoms with van der Waals surface area (Å²) in [7, 11) is 0. The average Bonchev–Trinajstić information content (AvgIpc) is 3.29. The van der Waals surface area contributed by atoms with Crippen molar-refractivity contribution in [2.45, 2.75) is 95.9 Å². The van der Waals surface area contributed by atoms with Crippen LogP contribution >= 0.6 is 0 Å². The molecule has 3 rings (SSSR count). The number of carbonyl (C=O) groups excluding carboxylic acids is 2. The van der Waals surface area contributed by atoms with Crippen molar-refractivity contribution in [3.63, 3.8) is 0 Å². The predicted octanol–water partition coefficient (Wildman–Crippen LogP) is 2.94. The third-order valence-electron chi connectivity index (χ3n) is 6.66. The van der Waals surface area contributed by atoms with Crippen molar-refractivity contribution in [3.8, 4) is 0 Å². The zero-order valence-corrected chi connectivity index (χ0v) is 18.6. The van der Waals surface area contributed by atoms with Crippen molar-refractivity contribution in [3.05, 3.63) is 0 Å².